The van der Waals surface area contributed by atoms with Gasteiger partial charge in [0.2, 0.25) is 0 Å². The van der Waals surface area contributed by atoms with Gasteiger partial charge in [0.25, 0.3) is 0 Å². The second kappa shape index (κ2) is 6.39. The molecule has 1 aromatic rings. The third-order valence-corrected chi connectivity index (χ3v) is 3.33. The van der Waals surface area contributed by atoms with E-state index < -0.39 is 0 Å². The van der Waals surface area contributed by atoms with Crippen molar-refractivity contribution in [1.29, 1.82) is 0 Å². The normalized spacial score (nSPS) is 17.5. The van der Waals surface area contributed by atoms with Gasteiger partial charge in [0.15, 0.2) is 0 Å². The Morgan fingerprint density at radius 1 is 1.17 bits per heavy atom. The van der Waals surface area contributed by atoms with Crippen LogP contribution in [-0.2, 0) is 9.53 Å². The van der Waals surface area contributed by atoms with E-state index in [4.69, 9.17) is 4.74 Å². The van der Waals surface area contributed by atoms with Crippen LogP contribution in [0.5, 0.6) is 0 Å². The Hall–Kier alpha value is -1.57. The summed E-state index contributed by atoms with van der Waals surface area (Å²) in [6.45, 7) is 1.82. The highest BCUT2D eigenvalue weighted by atomic mass is 16.5. The largest absolute Gasteiger partial charge is 0.459 e. The quantitative estimate of drug-likeness (QED) is 0.594. The van der Waals surface area contributed by atoms with Crippen molar-refractivity contribution in [3.63, 3.8) is 0 Å². The molecule has 0 amide bonds. The van der Waals surface area contributed by atoms with E-state index in [-0.39, 0.29) is 12.1 Å². The number of ether oxygens (including phenoxy) is 1. The Labute approximate surface area is 109 Å². The Kier molecular flexibility index (Phi) is 4.57. The minimum atomic E-state index is -0.175. The zero-order chi connectivity index (χ0) is 12.8. The van der Waals surface area contributed by atoms with Gasteiger partial charge < -0.3 is 4.74 Å². The number of rotatable bonds is 3. The number of benzene rings is 1. The molecule has 2 rings (SSSR count). The van der Waals surface area contributed by atoms with Gasteiger partial charge >= 0.3 is 5.97 Å². The fourth-order valence-corrected chi connectivity index (χ4v) is 2.29. The number of hydrogen-bond donors (Lipinski definition) is 0. The number of hydrogen-bond acceptors (Lipinski definition) is 2. The van der Waals surface area contributed by atoms with Crippen molar-refractivity contribution in [1.82, 2.24) is 0 Å². The summed E-state index contributed by atoms with van der Waals surface area (Å²) in [7, 11) is 0. The van der Waals surface area contributed by atoms with Crippen molar-refractivity contribution in [3.05, 3.63) is 41.5 Å². The van der Waals surface area contributed by atoms with Crippen LogP contribution in [0.3, 0.4) is 0 Å². The predicted octanol–water partition coefficient (Wildman–Crippen LogP) is 3.97. The number of esters is 1. The molecule has 2 nitrogen and oxygen atoms in total. The second-order valence-electron chi connectivity index (χ2n) is 4.90. The lowest BCUT2D eigenvalue weighted by atomic mass is 9.98. The minimum absolute atomic E-state index is 0.130. The third kappa shape index (κ3) is 3.73. The van der Waals surface area contributed by atoms with Gasteiger partial charge in [-0.3, -0.25) is 0 Å². The summed E-state index contributed by atoms with van der Waals surface area (Å²) in [5.74, 6) is -0.175. The van der Waals surface area contributed by atoms with E-state index >= 15 is 0 Å². The first-order valence-electron chi connectivity index (χ1n) is 6.70. The van der Waals surface area contributed by atoms with E-state index in [0.717, 1.165) is 18.4 Å². The van der Waals surface area contributed by atoms with Crippen LogP contribution in [0.2, 0.25) is 0 Å². The smallest absolute Gasteiger partial charge is 0.334 e. The highest BCUT2D eigenvalue weighted by molar-refractivity contribution is 5.93. The molecule has 1 aliphatic carbocycles. The molecule has 0 N–H and O–H groups in total. The van der Waals surface area contributed by atoms with E-state index in [0.29, 0.717) is 5.57 Å². The van der Waals surface area contributed by atoms with Crippen LogP contribution in [0.15, 0.2) is 35.9 Å². The highest BCUT2D eigenvalue weighted by Crippen LogP contribution is 2.21. The van der Waals surface area contributed by atoms with Crippen LogP contribution in [0.1, 0.15) is 44.6 Å². The molecule has 0 saturated heterocycles. The van der Waals surface area contributed by atoms with Gasteiger partial charge in [-0.25, -0.2) is 4.79 Å². The maximum atomic E-state index is 11.9. The SMILES string of the molecule is CC(=Cc1ccccc1)C(=O)OC1CCCCC1. The number of carbonyl (C=O) groups excluding carboxylic acids is 1. The molecule has 0 atom stereocenters. The van der Waals surface area contributed by atoms with Gasteiger partial charge in [-0.2, -0.15) is 0 Å². The number of carbonyl (C=O) groups is 1. The lowest BCUT2D eigenvalue weighted by Gasteiger charge is -2.21. The van der Waals surface area contributed by atoms with Crippen LogP contribution in [0.4, 0.5) is 0 Å². The van der Waals surface area contributed by atoms with E-state index in [1.54, 1.807) is 0 Å². The van der Waals surface area contributed by atoms with E-state index in [9.17, 15) is 4.79 Å². The molecule has 0 unspecified atom stereocenters. The molecular weight excluding hydrogens is 224 g/mol. The Morgan fingerprint density at radius 3 is 2.50 bits per heavy atom. The molecule has 1 fully saturated rings. The van der Waals surface area contributed by atoms with E-state index in [1.807, 2.05) is 43.3 Å². The summed E-state index contributed by atoms with van der Waals surface area (Å²) in [5, 5.41) is 0. The zero-order valence-electron chi connectivity index (χ0n) is 10.9. The summed E-state index contributed by atoms with van der Waals surface area (Å²) in [6, 6.07) is 9.86. The summed E-state index contributed by atoms with van der Waals surface area (Å²) in [5.41, 5.74) is 1.71. The van der Waals surface area contributed by atoms with Gasteiger partial charge in [-0.15, -0.1) is 0 Å². The van der Waals surface area contributed by atoms with Gasteiger partial charge in [0.1, 0.15) is 6.10 Å². The van der Waals surface area contributed by atoms with Crippen LogP contribution in [-0.4, -0.2) is 12.1 Å². The molecule has 2 heteroatoms. The fraction of sp³-hybridized carbons (Fsp3) is 0.438. The first kappa shape index (κ1) is 12.9. The first-order chi connectivity index (χ1) is 8.75. The van der Waals surface area contributed by atoms with Crippen molar-refractivity contribution in [2.75, 3.05) is 0 Å². The molecule has 0 bridgehead atoms. The average molecular weight is 244 g/mol. The minimum Gasteiger partial charge on any atom is -0.459 e. The molecule has 1 aliphatic rings. The Bertz CT molecular complexity index is 414. The molecule has 0 aromatic heterocycles. The van der Waals surface area contributed by atoms with Crippen LogP contribution >= 0.6 is 0 Å². The van der Waals surface area contributed by atoms with E-state index in [2.05, 4.69) is 0 Å². The Balaban J connectivity index is 1.93. The third-order valence-electron chi connectivity index (χ3n) is 3.33. The lowest BCUT2D eigenvalue weighted by Crippen LogP contribution is -2.21. The molecule has 0 radical (unpaired) electrons. The molecule has 96 valence electrons. The molecule has 0 aliphatic heterocycles. The lowest BCUT2D eigenvalue weighted by molar-refractivity contribution is -0.145. The molecule has 18 heavy (non-hydrogen) atoms. The van der Waals surface area contributed by atoms with Crippen molar-refractivity contribution < 1.29 is 9.53 Å². The topological polar surface area (TPSA) is 26.3 Å². The predicted molar refractivity (Wildman–Crippen MR) is 73.1 cm³/mol. The maximum Gasteiger partial charge on any atom is 0.334 e. The van der Waals surface area contributed by atoms with Crippen molar-refractivity contribution >= 4 is 12.0 Å². The summed E-state index contributed by atoms with van der Waals surface area (Å²) < 4.78 is 5.52. The fourth-order valence-electron chi connectivity index (χ4n) is 2.29. The van der Waals surface area contributed by atoms with Gasteiger partial charge in [0.05, 0.1) is 0 Å². The maximum absolute atomic E-state index is 11.9. The van der Waals surface area contributed by atoms with Gasteiger partial charge in [0, 0.05) is 5.57 Å². The highest BCUT2D eigenvalue weighted by Gasteiger charge is 2.18. The van der Waals surface area contributed by atoms with Gasteiger partial charge in [-0.05, 0) is 44.2 Å². The second-order valence-corrected chi connectivity index (χ2v) is 4.90. The average Bonchev–Trinajstić information content (AvgIpc) is 2.41. The summed E-state index contributed by atoms with van der Waals surface area (Å²) in [4.78, 5) is 11.9. The molecule has 1 aromatic carbocycles. The van der Waals surface area contributed by atoms with Crippen LogP contribution < -0.4 is 0 Å². The molecular formula is C16H20O2. The van der Waals surface area contributed by atoms with Crippen LogP contribution in [0, 0.1) is 0 Å². The van der Waals surface area contributed by atoms with E-state index in [1.165, 1.54) is 19.3 Å². The van der Waals surface area contributed by atoms with Crippen molar-refractivity contribution in [2.45, 2.75) is 45.1 Å². The monoisotopic (exact) mass is 244 g/mol. The Morgan fingerprint density at radius 2 is 1.83 bits per heavy atom. The molecule has 1 saturated carbocycles. The van der Waals surface area contributed by atoms with Crippen molar-refractivity contribution in [3.8, 4) is 0 Å². The molecule has 0 spiro atoms. The van der Waals surface area contributed by atoms with Crippen molar-refractivity contribution in [2.24, 2.45) is 0 Å². The molecule has 0 heterocycles. The summed E-state index contributed by atoms with van der Waals surface area (Å²) in [6.07, 6.45) is 7.68. The zero-order valence-corrected chi connectivity index (χ0v) is 10.9. The summed E-state index contributed by atoms with van der Waals surface area (Å²) >= 11 is 0. The first-order valence-corrected chi connectivity index (χ1v) is 6.70. The van der Waals surface area contributed by atoms with Gasteiger partial charge in [-0.1, -0.05) is 36.8 Å². The van der Waals surface area contributed by atoms with Crippen LogP contribution in [0.25, 0.3) is 6.08 Å². The standard InChI is InChI=1S/C16H20O2/c1-13(12-14-8-4-2-5-9-14)16(17)18-15-10-6-3-7-11-15/h2,4-5,8-9,12,15H,3,6-7,10-11H2,1H3.